The summed E-state index contributed by atoms with van der Waals surface area (Å²) in [6.07, 6.45) is 3.06. The molecule has 0 saturated heterocycles. The van der Waals surface area contributed by atoms with Crippen LogP contribution in [0, 0.1) is 0 Å². The summed E-state index contributed by atoms with van der Waals surface area (Å²) in [5, 5.41) is 3.00. The zero-order valence-corrected chi connectivity index (χ0v) is 17.9. The van der Waals surface area contributed by atoms with Crippen molar-refractivity contribution in [3.05, 3.63) is 70.2 Å². The number of carbonyl (C=O) groups excluding carboxylic acids is 1. The number of carbonyl (C=O) groups is 1. The molecule has 1 aromatic carbocycles. The molecule has 0 atom stereocenters. The summed E-state index contributed by atoms with van der Waals surface area (Å²) in [7, 11) is 0. The highest BCUT2D eigenvalue weighted by molar-refractivity contribution is 7.14. The van der Waals surface area contributed by atoms with Crippen LogP contribution in [-0.2, 0) is 0 Å². The number of thiazole rings is 1. The van der Waals surface area contributed by atoms with Crippen molar-refractivity contribution < 1.29 is 9.21 Å². The summed E-state index contributed by atoms with van der Waals surface area (Å²) in [5.74, 6) is -0.334. The Morgan fingerprint density at radius 3 is 2.77 bits per heavy atom. The van der Waals surface area contributed by atoms with Crippen molar-refractivity contribution in [2.24, 2.45) is 0 Å². The van der Waals surface area contributed by atoms with Crippen LogP contribution in [0.25, 0.3) is 22.2 Å². The van der Waals surface area contributed by atoms with Crippen molar-refractivity contribution >= 4 is 39.0 Å². The van der Waals surface area contributed by atoms with Crippen LogP contribution < -0.4 is 21.4 Å². The molecular formula is C22H21N5O3S. The Kier molecular flexibility index (Phi) is 5.94. The maximum absolute atomic E-state index is 12.6. The molecule has 8 nitrogen and oxygen atoms in total. The predicted molar refractivity (Wildman–Crippen MR) is 122 cm³/mol. The van der Waals surface area contributed by atoms with Crippen LogP contribution in [0.2, 0.25) is 0 Å². The van der Waals surface area contributed by atoms with Gasteiger partial charge < -0.3 is 9.32 Å². The molecule has 3 aromatic heterocycles. The minimum Gasteiger partial charge on any atom is -0.422 e. The largest absolute Gasteiger partial charge is 0.422 e. The van der Waals surface area contributed by atoms with Crippen molar-refractivity contribution in [1.29, 1.82) is 0 Å². The van der Waals surface area contributed by atoms with E-state index < -0.39 is 5.63 Å². The van der Waals surface area contributed by atoms with E-state index in [2.05, 4.69) is 39.6 Å². The van der Waals surface area contributed by atoms with E-state index in [-0.39, 0.29) is 5.91 Å². The Morgan fingerprint density at radius 2 is 2.03 bits per heavy atom. The summed E-state index contributed by atoms with van der Waals surface area (Å²) in [6, 6.07) is 11.0. The van der Waals surface area contributed by atoms with E-state index in [0.29, 0.717) is 27.5 Å². The van der Waals surface area contributed by atoms with Crippen LogP contribution in [0.5, 0.6) is 0 Å². The van der Waals surface area contributed by atoms with E-state index in [1.165, 1.54) is 17.5 Å². The number of pyridine rings is 1. The number of benzene rings is 1. The molecule has 0 spiro atoms. The quantitative estimate of drug-likeness (QED) is 0.335. The molecule has 0 aliphatic heterocycles. The Bertz CT molecular complexity index is 1270. The number of nitrogens with one attached hydrogen (secondary N) is 2. The topological polar surface area (TPSA) is 100 Å². The Hall–Kier alpha value is -3.72. The van der Waals surface area contributed by atoms with E-state index in [0.717, 1.165) is 24.2 Å². The van der Waals surface area contributed by atoms with Gasteiger partial charge in [0.15, 0.2) is 0 Å². The molecule has 0 aliphatic rings. The third-order valence-corrected chi connectivity index (χ3v) is 5.59. The second-order valence-corrected chi connectivity index (χ2v) is 7.56. The molecular weight excluding hydrogens is 414 g/mol. The first-order chi connectivity index (χ1) is 15.1. The second-order valence-electron chi connectivity index (χ2n) is 6.70. The first kappa shape index (κ1) is 20.5. The van der Waals surface area contributed by atoms with Gasteiger partial charge in [0.1, 0.15) is 5.58 Å². The zero-order valence-electron chi connectivity index (χ0n) is 17.1. The molecule has 0 saturated carbocycles. The number of hydrogen-bond donors (Lipinski definition) is 2. The molecule has 31 heavy (non-hydrogen) atoms. The highest BCUT2D eigenvalue weighted by Gasteiger charge is 2.13. The molecule has 9 heteroatoms. The van der Waals surface area contributed by atoms with Crippen LogP contribution in [0.4, 0.5) is 10.8 Å². The monoisotopic (exact) mass is 435 g/mol. The third-order valence-electron chi connectivity index (χ3n) is 4.83. The summed E-state index contributed by atoms with van der Waals surface area (Å²) in [4.78, 5) is 35.2. The van der Waals surface area contributed by atoms with E-state index in [1.807, 2.05) is 18.2 Å². The molecule has 4 rings (SSSR count). The SMILES string of the molecule is CCN(CC)c1ccc2cc(-c3csc(NNC(=O)c4cccnc4)n3)c(=O)oc2c1. The van der Waals surface area contributed by atoms with Crippen molar-refractivity contribution in [3.63, 3.8) is 0 Å². The minimum atomic E-state index is -0.458. The van der Waals surface area contributed by atoms with Gasteiger partial charge in [-0.25, -0.2) is 9.78 Å². The fourth-order valence-corrected chi connectivity index (χ4v) is 3.86. The highest BCUT2D eigenvalue weighted by Crippen LogP contribution is 2.27. The zero-order chi connectivity index (χ0) is 21.8. The number of fused-ring (bicyclic) bond motifs is 1. The Morgan fingerprint density at radius 1 is 1.19 bits per heavy atom. The first-order valence-electron chi connectivity index (χ1n) is 9.84. The molecule has 3 heterocycles. The molecule has 4 aromatic rings. The lowest BCUT2D eigenvalue weighted by atomic mass is 10.1. The molecule has 1 amide bonds. The molecule has 158 valence electrons. The summed E-state index contributed by atoms with van der Waals surface area (Å²) in [5.41, 5.74) is 7.69. The number of amides is 1. The number of hydrogen-bond acceptors (Lipinski definition) is 8. The van der Waals surface area contributed by atoms with Crippen molar-refractivity contribution in [2.75, 3.05) is 23.4 Å². The molecule has 0 unspecified atom stereocenters. The van der Waals surface area contributed by atoms with Crippen molar-refractivity contribution in [2.45, 2.75) is 13.8 Å². The molecule has 2 N–H and O–H groups in total. The maximum atomic E-state index is 12.6. The lowest BCUT2D eigenvalue weighted by Crippen LogP contribution is -2.29. The summed E-state index contributed by atoms with van der Waals surface area (Å²) >= 11 is 1.27. The van der Waals surface area contributed by atoms with Crippen molar-refractivity contribution in [3.8, 4) is 11.3 Å². The van der Waals surface area contributed by atoms with Crippen LogP contribution in [0.1, 0.15) is 24.2 Å². The predicted octanol–water partition coefficient (Wildman–Crippen LogP) is 3.91. The van der Waals surface area contributed by atoms with E-state index in [1.54, 1.807) is 29.8 Å². The van der Waals surface area contributed by atoms with Gasteiger partial charge in [-0.15, -0.1) is 11.3 Å². The van der Waals surface area contributed by atoms with Gasteiger partial charge in [-0.1, -0.05) is 0 Å². The van der Waals surface area contributed by atoms with Gasteiger partial charge in [-0.05, 0) is 44.2 Å². The van der Waals surface area contributed by atoms with Gasteiger partial charge in [0.25, 0.3) is 5.91 Å². The number of rotatable bonds is 7. The van der Waals surface area contributed by atoms with E-state index >= 15 is 0 Å². The average Bonchev–Trinajstić information content (AvgIpc) is 3.27. The number of anilines is 2. The van der Waals surface area contributed by atoms with Gasteiger partial charge in [0.2, 0.25) is 5.13 Å². The van der Waals surface area contributed by atoms with Gasteiger partial charge >= 0.3 is 5.63 Å². The average molecular weight is 436 g/mol. The van der Waals surface area contributed by atoms with Crippen LogP contribution >= 0.6 is 11.3 Å². The summed E-state index contributed by atoms with van der Waals surface area (Å²) < 4.78 is 5.58. The van der Waals surface area contributed by atoms with Crippen molar-refractivity contribution in [1.82, 2.24) is 15.4 Å². The fourth-order valence-electron chi connectivity index (χ4n) is 3.20. The third kappa shape index (κ3) is 4.41. The molecule has 0 aliphatic carbocycles. The van der Waals surface area contributed by atoms with Crippen LogP contribution in [0.3, 0.4) is 0 Å². The Labute approximate surface area is 182 Å². The van der Waals surface area contributed by atoms with E-state index in [9.17, 15) is 9.59 Å². The first-order valence-corrected chi connectivity index (χ1v) is 10.7. The second kappa shape index (κ2) is 8.97. The molecule has 0 radical (unpaired) electrons. The standard InChI is InChI=1S/C22H21N5O3S/c1-3-27(4-2)16-8-7-14-10-17(21(29)30-19(14)11-16)18-13-31-22(24-18)26-25-20(28)15-6-5-9-23-12-15/h5-13H,3-4H2,1-2H3,(H,24,26)(H,25,28). The lowest BCUT2D eigenvalue weighted by Gasteiger charge is -2.20. The molecule has 0 bridgehead atoms. The fraction of sp³-hybridized carbons (Fsp3) is 0.182. The van der Waals surface area contributed by atoms with Crippen LogP contribution in [-0.4, -0.2) is 29.0 Å². The smallest absolute Gasteiger partial charge is 0.345 e. The number of hydrazine groups is 1. The van der Waals surface area contributed by atoms with E-state index in [4.69, 9.17) is 4.42 Å². The summed E-state index contributed by atoms with van der Waals surface area (Å²) in [6.45, 7) is 5.91. The number of nitrogens with zero attached hydrogens (tertiary/aromatic N) is 3. The lowest BCUT2D eigenvalue weighted by molar-refractivity contribution is 0.0962. The normalized spacial score (nSPS) is 10.8. The number of aromatic nitrogens is 2. The van der Waals surface area contributed by atoms with Crippen LogP contribution in [0.15, 0.2) is 63.4 Å². The Balaban J connectivity index is 1.54. The van der Waals surface area contributed by atoms with Gasteiger partial charge in [0.05, 0.1) is 16.8 Å². The molecule has 0 fully saturated rings. The maximum Gasteiger partial charge on any atom is 0.345 e. The minimum absolute atomic E-state index is 0.334. The highest BCUT2D eigenvalue weighted by atomic mass is 32.1. The van der Waals surface area contributed by atoms with Gasteiger partial charge in [0, 0.05) is 48.0 Å². The van der Waals surface area contributed by atoms with Gasteiger partial charge in [-0.3, -0.25) is 20.6 Å². The van der Waals surface area contributed by atoms with Gasteiger partial charge in [-0.2, -0.15) is 0 Å².